The number of nitrogens with zero attached hydrogens (tertiary/aromatic N) is 1. The normalized spacial score (nSPS) is 37.2. The number of nitrogens with two attached hydrogens (primary N) is 1. The van der Waals surface area contributed by atoms with Crippen molar-refractivity contribution in [3.05, 3.63) is 0 Å². The second-order valence-corrected chi connectivity index (χ2v) is 5.56. The van der Waals surface area contributed by atoms with Crippen LogP contribution in [0.1, 0.15) is 46.0 Å². The third-order valence-electron chi connectivity index (χ3n) is 4.18. The van der Waals surface area contributed by atoms with Gasteiger partial charge >= 0.3 is 0 Å². The van der Waals surface area contributed by atoms with Gasteiger partial charge in [0.2, 0.25) is 0 Å². The summed E-state index contributed by atoms with van der Waals surface area (Å²) in [5.74, 6) is 0. The molecule has 4 nitrogen and oxygen atoms in total. The van der Waals surface area contributed by atoms with E-state index in [2.05, 4.69) is 24.3 Å². The summed E-state index contributed by atoms with van der Waals surface area (Å²) in [6.45, 7) is 6.14. The maximum Gasteiger partial charge on any atom is 0.0754 e. The number of piperidine rings is 1. The molecule has 4 atom stereocenters. The Labute approximate surface area is 105 Å². The maximum absolute atomic E-state index is 5.89. The van der Waals surface area contributed by atoms with Gasteiger partial charge in [0, 0.05) is 25.2 Å². The number of rotatable bonds is 4. The van der Waals surface area contributed by atoms with Gasteiger partial charge in [-0.05, 0) is 39.5 Å². The number of hydrazine groups is 1. The van der Waals surface area contributed by atoms with E-state index in [0.717, 1.165) is 13.0 Å². The van der Waals surface area contributed by atoms with Crippen molar-refractivity contribution in [3.8, 4) is 0 Å². The van der Waals surface area contributed by atoms with Gasteiger partial charge in [0.05, 0.1) is 12.1 Å². The van der Waals surface area contributed by atoms with Gasteiger partial charge in [-0.1, -0.05) is 6.42 Å². The largest absolute Gasteiger partial charge is 0.376 e. The molecule has 17 heavy (non-hydrogen) atoms. The van der Waals surface area contributed by atoms with Crippen molar-refractivity contribution in [1.29, 1.82) is 0 Å². The van der Waals surface area contributed by atoms with Crippen molar-refractivity contribution in [1.82, 2.24) is 10.4 Å². The zero-order valence-corrected chi connectivity index (χ0v) is 11.2. The number of nitrogens with one attached hydrogen (secondary N) is 1. The lowest BCUT2D eigenvalue weighted by Crippen LogP contribution is -2.59. The van der Waals surface area contributed by atoms with Crippen LogP contribution in [0.4, 0.5) is 0 Å². The summed E-state index contributed by atoms with van der Waals surface area (Å²) in [6, 6.07) is 1.49. The summed E-state index contributed by atoms with van der Waals surface area (Å²) >= 11 is 0. The second kappa shape index (κ2) is 6.14. The van der Waals surface area contributed by atoms with Crippen molar-refractivity contribution >= 4 is 0 Å². The second-order valence-electron chi connectivity index (χ2n) is 5.56. The molecular weight excluding hydrogens is 214 g/mol. The van der Waals surface area contributed by atoms with Crippen LogP contribution in [-0.4, -0.2) is 42.4 Å². The van der Waals surface area contributed by atoms with E-state index in [4.69, 9.17) is 10.5 Å². The van der Waals surface area contributed by atoms with Crippen LogP contribution < -0.4 is 11.2 Å². The first kappa shape index (κ1) is 13.3. The third-order valence-corrected chi connectivity index (χ3v) is 4.18. The first-order valence-electron chi connectivity index (χ1n) is 7.08. The van der Waals surface area contributed by atoms with E-state index < -0.39 is 0 Å². The molecule has 2 fully saturated rings. The van der Waals surface area contributed by atoms with E-state index in [0.29, 0.717) is 24.7 Å². The van der Waals surface area contributed by atoms with Gasteiger partial charge in [0.1, 0.15) is 0 Å². The molecule has 2 aliphatic rings. The van der Waals surface area contributed by atoms with Gasteiger partial charge in [0.25, 0.3) is 0 Å². The summed E-state index contributed by atoms with van der Waals surface area (Å²) in [5.41, 5.74) is 9.52. The van der Waals surface area contributed by atoms with E-state index in [1.807, 2.05) is 0 Å². The Morgan fingerprint density at radius 1 is 1.24 bits per heavy atom. The van der Waals surface area contributed by atoms with Crippen molar-refractivity contribution in [2.75, 3.05) is 13.2 Å². The Morgan fingerprint density at radius 3 is 2.47 bits per heavy atom. The molecule has 100 valence electrons. The molecule has 0 aromatic heterocycles. The Kier molecular flexibility index (Phi) is 4.79. The smallest absolute Gasteiger partial charge is 0.0754 e. The summed E-state index contributed by atoms with van der Waals surface area (Å²) < 4.78 is 5.75. The molecule has 4 heteroatoms. The van der Waals surface area contributed by atoms with Gasteiger partial charge in [-0.2, -0.15) is 0 Å². The monoisotopic (exact) mass is 241 g/mol. The number of hydrogen-bond donors (Lipinski definition) is 2. The van der Waals surface area contributed by atoms with Crippen molar-refractivity contribution in [2.24, 2.45) is 5.73 Å². The van der Waals surface area contributed by atoms with Crippen LogP contribution in [-0.2, 0) is 4.74 Å². The van der Waals surface area contributed by atoms with E-state index in [-0.39, 0.29) is 6.04 Å². The van der Waals surface area contributed by atoms with Gasteiger partial charge in [0.15, 0.2) is 0 Å². The van der Waals surface area contributed by atoms with Gasteiger partial charge in [-0.15, -0.1) is 0 Å². The summed E-state index contributed by atoms with van der Waals surface area (Å²) in [5, 5.41) is 2.41. The minimum absolute atomic E-state index is 0.278. The zero-order valence-electron chi connectivity index (χ0n) is 11.2. The van der Waals surface area contributed by atoms with Crippen LogP contribution in [0.2, 0.25) is 0 Å². The van der Waals surface area contributed by atoms with Crippen molar-refractivity contribution in [3.63, 3.8) is 0 Å². The van der Waals surface area contributed by atoms with Crippen LogP contribution in [0.5, 0.6) is 0 Å². The van der Waals surface area contributed by atoms with Gasteiger partial charge in [-0.3, -0.25) is 0 Å². The highest BCUT2D eigenvalue weighted by Crippen LogP contribution is 2.22. The van der Waals surface area contributed by atoms with Crippen LogP contribution >= 0.6 is 0 Å². The fourth-order valence-electron chi connectivity index (χ4n) is 3.07. The quantitative estimate of drug-likeness (QED) is 0.778. The SMILES string of the molecule is CC1CCCC(C)N1NC(CN)C1CCCO1. The van der Waals surface area contributed by atoms with E-state index in [1.165, 1.54) is 25.7 Å². The average Bonchev–Trinajstić information content (AvgIpc) is 2.82. The summed E-state index contributed by atoms with van der Waals surface area (Å²) in [7, 11) is 0. The lowest BCUT2D eigenvalue weighted by Gasteiger charge is -2.42. The summed E-state index contributed by atoms with van der Waals surface area (Å²) in [4.78, 5) is 0. The molecule has 0 amide bonds. The maximum atomic E-state index is 5.89. The van der Waals surface area contributed by atoms with Gasteiger partial charge in [-0.25, -0.2) is 10.4 Å². The molecule has 0 spiro atoms. The molecule has 0 aliphatic carbocycles. The van der Waals surface area contributed by atoms with E-state index in [1.54, 1.807) is 0 Å². The van der Waals surface area contributed by atoms with E-state index >= 15 is 0 Å². The minimum Gasteiger partial charge on any atom is -0.376 e. The van der Waals surface area contributed by atoms with Crippen molar-refractivity contribution in [2.45, 2.75) is 70.2 Å². The molecule has 4 unspecified atom stereocenters. The highest BCUT2D eigenvalue weighted by atomic mass is 16.5. The molecule has 3 N–H and O–H groups in total. The molecular formula is C13H27N3O. The molecule has 0 aromatic carbocycles. The fourth-order valence-corrected chi connectivity index (χ4v) is 3.07. The first-order chi connectivity index (χ1) is 8.22. The molecule has 0 aromatic rings. The Bertz CT molecular complexity index is 221. The Hall–Kier alpha value is -0.160. The Balaban J connectivity index is 1.91. The average molecular weight is 241 g/mol. The predicted octanol–water partition coefficient (Wildman–Crippen LogP) is 1.26. The highest BCUT2D eigenvalue weighted by Gasteiger charge is 2.31. The molecule has 2 saturated heterocycles. The van der Waals surface area contributed by atoms with E-state index in [9.17, 15) is 0 Å². The van der Waals surface area contributed by atoms with Crippen LogP contribution in [0.15, 0.2) is 0 Å². The van der Waals surface area contributed by atoms with Crippen molar-refractivity contribution < 1.29 is 4.74 Å². The third kappa shape index (κ3) is 3.19. The van der Waals surface area contributed by atoms with Crippen LogP contribution in [0, 0.1) is 0 Å². The van der Waals surface area contributed by atoms with Crippen LogP contribution in [0.25, 0.3) is 0 Å². The predicted molar refractivity (Wildman–Crippen MR) is 69.6 cm³/mol. The Morgan fingerprint density at radius 2 is 1.94 bits per heavy atom. The standard InChI is InChI=1S/C13H27N3O/c1-10-5-3-6-11(2)16(10)15-12(9-14)13-7-4-8-17-13/h10-13,15H,3-9,14H2,1-2H3. The summed E-state index contributed by atoms with van der Waals surface area (Å²) in [6.07, 6.45) is 6.52. The fraction of sp³-hybridized carbons (Fsp3) is 1.00. The molecule has 0 radical (unpaired) electrons. The van der Waals surface area contributed by atoms with Crippen LogP contribution in [0.3, 0.4) is 0 Å². The highest BCUT2D eigenvalue weighted by molar-refractivity contribution is 4.84. The molecule has 2 heterocycles. The van der Waals surface area contributed by atoms with Gasteiger partial charge < -0.3 is 10.5 Å². The zero-order chi connectivity index (χ0) is 12.3. The molecule has 2 rings (SSSR count). The lowest BCUT2D eigenvalue weighted by molar-refractivity contribution is -0.00860. The lowest BCUT2D eigenvalue weighted by atomic mass is 9.99. The molecule has 0 bridgehead atoms. The molecule has 0 saturated carbocycles. The number of hydrogen-bond acceptors (Lipinski definition) is 4. The first-order valence-corrected chi connectivity index (χ1v) is 7.08. The molecule has 2 aliphatic heterocycles. The number of ether oxygens (including phenoxy) is 1. The topological polar surface area (TPSA) is 50.5 Å². The minimum atomic E-state index is 0.278.